The highest BCUT2D eigenvalue weighted by Gasteiger charge is 2.08. The number of esters is 1. The summed E-state index contributed by atoms with van der Waals surface area (Å²) in [6.45, 7) is 0. The van der Waals surface area contributed by atoms with Crippen LogP contribution in [-0.4, -0.2) is 18.1 Å². The molecule has 104 valence electrons. The van der Waals surface area contributed by atoms with E-state index in [2.05, 4.69) is 4.98 Å². The maximum Gasteiger partial charge on any atom is 0.337 e. The lowest BCUT2D eigenvalue weighted by molar-refractivity contribution is 0.0601. The van der Waals surface area contributed by atoms with E-state index in [4.69, 9.17) is 4.74 Å². The quantitative estimate of drug-likeness (QED) is 0.670. The summed E-state index contributed by atoms with van der Waals surface area (Å²) in [4.78, 5) is 16.1. The second-order valence-corrected chi connectivity index (χ2v) is 4.60. The molecule has 0 bridgehead atoms. The second-order valence-electron chi connectivity index (χ2n) is 4.60. The van der Waals surface area contributed by atoms with E-state index in [0.29, 0.717) is 11.1 Å². The fraction of sp³-hybridized carbons (Fsp3) is 0.0588. The highest BCUT2D eigenvalue weighted by atomic mass is 19.1. The molecule has 0 radical (unpaired) electrons. The summed E-state index contributed by atoms with van der Waals surface area (Å²) in [6.07, 6.45) is 0. The van der Waals surface area contributed by atoms with E-state index >= 15 is 0 Å². The molecule has 2 aromatic carbocycles. The van der Waals surface area contributed by atoms with Crippen LogP contribution in [0.3, 0.4) is 0 Å². The second kappa shape index (κ2) is 5.32. The number of carbonyl (C=O) groups excluding carboxylic acids is 1. The first-order chi connectivity index (χ1) is 10.2. The Bertz CT molecular complexity index is 813. The summed E-state index contributed by atoms with van der Waals surface area (Å²) in [6, 6.07) is 15.1. The Morgan fingerprint density at radius 1 is 1.05 bits per heavy atom. The average molecular weight is 281 g/mol. The maximum atomic E-state index is 13.0. The van der Waals surface area contributed by atoms with Crippen LogP contribution >= 0.6 is 0 Å². The number of hydrogen-bond acceptors (Lipinski definition) is 3. The molecule has 21 heavy (non-hydrogen) atoms. The van der Waals surface area contributed by atoms with Gasteiger partial charge in [0.25, 0.3) is 0 Å². The van der Waals surface area contributed by atoms with Crippen molar-refractivity contribution in [3.63, 3.8) is 0 Å². The minimum absolute atomic E-state index is 0.285. The van der Waals surface area contributed by atoms with Gasteiger partial charge >= 0.3 is 5.97 Å². The summed E-state index contributed by atoms with van der Waals surface area (Å²) in [5.74, 6) is -0.682. The van der Waals surface area contributed by atoms with Gasteiger partial charge in [-0.1, -0.05) is 12.1 Å². The Morgan fingerprint density at radius 3 is 2.48 bits per heavy atom. The summed E-state index contributed by atoms with van der Waals surface area (Å²) < 4.78 is 17.7. The number of ether oxygens (including phenoxy) is 1. The number of halogens is 1. The number of rotatable bonds is 2. The molecular weight excluding hydrogens is 269 g/mol. The van der Waals surface area contributed by atoms with Gasteiger partial charge in [-0.2, -0.15) is 0 Å². The lowest BCUT2D eigenvalue weighted by Crippen LogP contribution is -2.00. The van der Waals surface area contributed by atoms with E-state index in [1.54, 1.807) is 24.3 Å². The Labute approximate surface area is 121 Å². The zero-order valence-corrected chi connectivity index (χ0v) is 11.3. The predicted molar refractivity (Wildman–Crippen MR) is 78.5 cm³/mol. The van der Waals surface area contributed by atoms with E-state index in [1.807, 2.05) is 18.2 Å². The van der Waals surface area contributed by atoms with E-state index in [0.717, 1.165) is 16.6 Å². The van der Waals surface area contributed by atoms with Crippen LogP contribution in [0.2, 0.25) is 0 Å². The molecule has 0 aliphatic heterocycles. The van der Waals surface area contributed by atoms with Crippen molar-refractivity contribution in [2.75, 3.05) is 7.11 Å². The summed E-state index contributed by atoms with van der Waals surface area (Å²) >= 11 is 0. The number of carbonyl (C=O) groups is 1. The van der Waals surface area contributed by atoms with Crippen LogP contribution in [0.5, 0.6) is 0 Å². The largest absolute Gasteiger partial charge is 0.465 e. The van der Waals surface area contributed by atoms with Crippen molar-refractivity contribution in [2.24, 2.45) is 0 Å². The van der Waals surface area contributed by atoms with E-state index in [1.165, 1.54) is 19.2 Å². The number of fused-ring (bicyclic) bond motifs is 1. The van der Waals surface area contributed by atoms with Crippen molar-refractivity contribution < 1.29 is 13.9 Å². The number of aromatic nitrogens is 1. The van der Waals surface area contributed by atoms with Gasteiger partial charge in [0, 0.05) is 10.9 Å². The average Bonchev–Trinajstić information content (AvgIpc) is 2.53. The zero-order chi connectivity index (χ0) is 14.8. The number of benzene rings is 2. The number of methoxy groups -OCH3 is 1. The van der Waals surface area contributed by atoms with Crippen LogP contribution in [0.15, 0.2) is 54.6 Å². The van der Waals surface area contributed by atoms with Gasteiger partial charge in [0.15, 0.2) is 0 Å². The first kappa shape index (κ1) is 13.2. The van der Waals surface area contributed by atoms with E-state index in [-0.39, 0.29) is 5.82 Å². The molecule has 0 unspecified atom stereocenters. The lowest BCUT2D eigenvalue weighted by atomic mass is 10.1. The lowest BCUT2D eigenvalue weighted by Gasteiger charge is -2.05. The van der Waals surface area contributed by atoms with Crippen LogP contribution in [-0.2, 0) is 4.74 Å². The summed E-state index contributed by atoms with van der Waals surface area (Å²) in [5.41, 5.74) is 2.69. The highest BCUT2D eigenvalue weighted by molar-refractivity contribution is 5.94. The zero-order valence-electron chi connectivity index (χ0n) is 11.3. The van der Waals surface area contributed by atoms with Crippen molar-refractivity contribution in [2.45, 2.75) is 0 Å². The molecule has 0 amide bonds. The molecule has 0 spiro atoms. The molecule has 3 nitrogen and oxygen atoms in total. The smallest absolute Gasteiger partial charge is 0.337 e. The molecule has 4 heteroatoms. The third-order valence-corrected chi connectivity index (χ3v) is 3.25. The minimum Gasteiger partial charge on any atom is -0.465 e. The van der Waals surface area contributed by atoms with Gasteiger partial charge in [0.2, 0.25) is 0 Å². The van der Waals surface area contributed by atoms with E-state index < -0.39 is 5.97 Å². The Kier molecular flexibility index (Phi) is 3.36. The molecule has 0 saturated heterocycles. The Hall–Kier alpha value is -2.75. The van der Waals surface area contributed by atoms with Crippen LogP contribution < -0.4 is 0 Å². The van der Waals surface area contributed by atoms with Crippen molar-refractivity contribution in [1.82, 2.24) is 4.98 Å². The van der Waals surface area contributed by atoms with Crippen LogP contribution in [0.1, 0.15) is 10.4 Å². The summed E-state index contributed by atoms with van der Waals surface area (Å²) in [7, 11) is 1.34. The summed E-state index contributed by atoms with van der Waals surface area (Å²) in [5, 5.41) is 0.925. The molecule has 0 aliphatic carbocycles. The van der Waals surface area contributed by atoms with Crippen molar-refractivity contribution in [3.05, 3.63) is 66.0 Å². The monoisotopic (exact) mass is 281 g/mol. The van der Waals surface area contributed by atoms with Gasteiger partial charge in [0.1, 0.15) is 5.82 Å². The van der Waals surface area contributed by atoms with Crippen molar-refractivity contribution in [1.29, 1.82) is 0 Å². The molecule has 0 aliphatic rings. The van der Waals surface area contributed by atoms with Crippen LogP contribution in [0, 0.1) is 5.82 Å². The molecule has 3 rings (SSSR count). The SMILES string of the molecule is COC(=O)c1ccc2ccc(-c3ccc(F)cc3)nc2c1. The van der Waals surface area contributed by atoms with Gasteiger partial charge in [-0.05, 0) is 42.5 Å². The fourth-order valence-electron chi connectivity index (χ4n) is 2.14. The van der Waals surface area contributed by atoms with Crippen LogP contribution in [0.25, 0.3) is 22.2 Å². The van der Waals surface area contributed by atoms with Gasteiger partial charge < -0.3 is 4.74 Å². The molecule has 0 saturated carbocycles. The molecule has 1 aromatic heterocycles. The first-order valence-corrected chi connectivity index (χ1v) is 6.42. The predicted octanol–water partition coefficient (Wildman–Crippen LogP) is 3.83. The van der Waals surface area contributed by atoms with Crippen LogP contribution in [0.4, 0.5) is 4.39 Å². The molecule has 0 N–H and O–H groups in total. The van der Waals surface area contributed by atoms with Crippen molar-refractivity contribution in [3.8, 4) is 11.3 Å². The topological polar surface area (TPSA) is 39.2 Å². The third kappa shape index (κ3) is 2.60. The molecule has 3 aromatic rings. The third-order valence-electron chi connectivity index (χ3n) is 3.25. The first-order valence-electron chi connectivity index (χ1n) is 6.42. The van der Waals surface area contributed by atoms with E-state index in [9.17, 15) is 9.18 Å². The highest BCUT2D eigenvalue weighted by Crippen LogP contribution is 2.22. The molecule has 1 heterocycles. The van der Waals surface area contributed by atoms with Gasteiger partial charge in [0.05, 0.1) is 23.9 Å². The Morgan fingerprint density at radius 2 is 1.76 bits per heavy atom. The minimum atomic E-state index is -0.397. The number of pyridine rings is 1. The fourth-order valence-corrected chi connectivity index (χ4v) is 2.14. The van der Waals surface area contributed by atoms with Gasteiger partial charge in [-0.25, -0.2) is 14.2 Å². The van der Waals surface area contributed by atoms with Gasteiger partial charge in [-0.15, -0.1) is 0 Å². The number of hydrogen-bond donors (Lipinski definition) is 0. The standard InChI is InChI=1S/C17H12FNO2/c1-21-17(20)13-3-2-12-6-9-15(19-16(12)10-13)11-4-7-14(18)8-5-11/h2-10H,1H3. The maximum absolute atomic E-state index is 13.0. The van der Waals surface area contributed by atoms with Gasteiger partial charge in [-0.3, -0.25) is 0 Å². The molecule has 0 atom stereocenters. The molecule has 0 fully saturated rings. The number of nitrogens with zero attached hydrogens (tertiary/aromatic N) is 1. The van der Waals surface area contributed by atoms with Crippen molar-refractivity contribution >= 4 is 16.9 Å². The Balaban J connectivity index is 2.09. The molecular formula is C17H12FNO2. The normalized spacial score (nSPS) is 10.6.